The highest BCUT2D eigenvalue weighted by atomic mass is 35.5. The van der Waals surface area contributed by atoms with Crippen LogP contribution in [0.5, 0.6) is 0 Å². The summed E-state index contributed by atoms with van der Waals surface area (Å²) in [6.07, 6.45) is -4.73. The summed E-state index contributed by atoms with van der Waals surface area (Å²) >= 11 is 5.61. The zero-order valence-electron chi connectivity index (χ0n) is 9.67. The third-order valence-corrected chi connectivity index (χ3v) is 2.81. The number of halogens is 5. The topological polar surface area (TPSA) is 36.7 Å². The van der Waals surface area contributed by atoms with Gasteiger partial charge in [-0.15, -0.1) is 0 Å². The van der Waals surface area contributed by atoms with Gasteiger partial charge in [-0.3, -0.25) is 0 Å². The van der Waals surface area contributed by atoms with E-state index in [1.807, 2.05) is 0 Å². The van der Waals surface area contributed by atoms with Gasteiger partial charge in [-0.1, -0.05) is 11.6 Å². The smallest absolute Gasteiger partial charge is 0.235 e. The van der Waals surface area contributed by atoms with Crippen LogP contribution in [-0.4, -0.2) is 4.98 Å². The molecule has 0 N–H and O–H groups in total. The van der Waals surface area contributed by atoms with E-state index >= 15 is 0 Å². The molecule has 2 rings (SSSR count). The molecule has 0 saturated carbocycles. The number of hydrogen-bond acceptors (Lipinski definition) is 2. The average Bonchev–Trinajstić information content (AvgIpc) is 2.37. The van der Waals surface area contributed by atoms with Crippen molar-refractivity contribution in [1.82, 2.24) is 4.98 Å². The molecule has 102 valence electrons. The second-order valence-corrected chi connectivity index (χ2v) is 4.20. The molecule has 0 aliphatic rings. The van der Waals surface area contributed by atoms with Gasteiger partial charge in [-0.25, -0.2) is 9.37 Å². The number of hydrogen-bond donors (Lipinski definition) is 0. The molecule has 0 bridgehead atoms. The molecule has 2 nitrogen and oxygen atoms in total. The molecule has 20 heavy (non-hydrogen) atoms. The van der Waals surface area contributed by atoms with Crippen LogP contribution in [0.2, 0.25) is 5.15 Å². The predicted molar refractivity (Wildman–Crippen MR) is 64.4 cm³/mol. The lowest BCUT2D eigenvalue weighted by Crippen LogP contribution is -2.09. The summed E-state index contributed by atoms with van der Waals surface area (Å²) in [4.78, 5) is 3.74. The largest absolute Gasteiger partial charge is 0.417 e. The Labute approximate surface area is 116 Å². The van der Waals surface area contributed by atoms with Crippen molar-refractivity contribution in [3.05, 3.63) is 52.4 Å². The van der Waals surface area contributed by atoms with Crippen LogP contribution in [0.15, 0.2) is 30.3 Å². The lowest BCUT2D eigenvalue weighted by Gasteiger charge is -2.11. The van der Waals surface area contributed by atoms with Crippen molar-refractivity contribution in [2.45, 2.75) is 6.18 Å². The van der Waals surface area contributed by atoms with Crippen molar-refractivity contribution in [2.75, 3.05) is 0 Å². The summed E-state index contributed by atoms with van der Waals surface area (Å²) in [7, 11) is 0. The second-order valence-electron chi connectivity index (χ2n) is 3.84. The fourth-order valence-electron chi connectivity index (χ4n) is 1.61. The number of rotatable bonds is 1. The molecule has 7 heteroatoms. The molecule has 0 saturated heterocycles. The Morgan fingerprint density at radius 2 is 1.75 bits per heavy atom. The molecule has 0 aliphatic heterocycles. The third kappa shape index (κ3) is 2.73. The number of benzene rings is 1. The monoisotopic (exact) mass is 300 g/mol. The minimum atomic E-state index is -4.73. The molecular formula is C13H5ClF4N2. The van der Waals surface area contributed by atoms with E-state index in [-0.39, 0.29) is 11.3 Å². The van der Waals surface area contributed by atoms with Crippen LogP contribution in [-0.2, 0) is 6.18 Å². The molecule has 1 aromatic heterocycles. The van der Waals surface area contributed by atoms with Gasteiger partial charge in [0.05, 0.1) is 11.3 Å². The molecule has 0 aliphatic carbocycles. The Hall–Kier alpha value is -2.13. The summed E-state index contributed by atoms with van der Waals surface area (Å²) in [6.45, 7) is 0. The Balaban J connectivity index is 2.66. The van der Waals surface area contributed by atoms with Crippen molar-refractivity contribution in [3.63, 3.8) is 0 Å². The maximum atomic E-state index is 12.9. The van der Waals surface area contributed by atoms with Crippen LogP contribution in [0.3, 0.4) is 0 Å². The summed E-state index contributed by atoms with van der Waals surface area (Å²) < 4.78 is 51.4. The minimum Gasteiger partial charge on any atom is -0.235 e. The van der Waals surface area contributed by atoms with E-state index in [0.717, 1.165) is 18.2 Å². The van der Waals surface area contributed by atoms with Gasteiger partial charge in [-0.05, 0) is 30.3 Å². The van der Waals surface area contributed by atoms with E-state index in [9.17, 15) is 17.6 Å². The van der Waals surface area contributed by atoms with Crippen molar-refractivity contribution in [2.24, 2.45) is 0 Å². The Morgan fingerprint density at radius 3 is 2.25 bits per heavy atom. The van der Waals surface area contributed by atoms with E-state index in [4.69, 9.17) is 16.9 Å². The highest BCUT2D eigenvalue weighted by molar-refractivity contribution is 6.30. The molecule has 2 aromatic rings. The first-order valence-corrected chi connectivity index (χ1v) is 5.64. The molecule has 0 spiro atoms. The second kappa shape index (κ2) is 5.10. The molecule has 0 unspecified atom stereocenters. The van der Waals surface area contributed by atoms with E-state index in [1.54, 1.807) is 0 Å². The fraction of sp³-hybridized carbons (Fsp3) is 0.0769. The van der Waals surface area contributed by atoms with Gasteiger partial charge in [-0.2, -0.15) is 18.4 Å². The highest BCUT2D eigenvalue weighted by Gasteiger charge is 2.35. The van der Waals surface area contributed by atoms with Crippen LogP contribution in [0, 0.1) is 17.1 Å². The molecule has 0 fully saturated rings. The van der Waals surface area contributed by atoms with Crippen molar-refractivity contribution < 1.29 is 17.6 Å². The van der Waals surface area contributed by atoms with Gasteiger partial charge < -0.3 is 0 Å². The summed E-state index contributed by atoms with van der Waals surface area (Å²) in [5.74, 6) is -0.524. The molecule has 1 aromatic carbocycles. The van der Waals surface area contributed by atoms with E-state index in [0.29, 0.717) is 0 Å². The first-order valence-electron chi connectivity index (χ1n) is 5.26. The van der Waals surface area contributed by atoms with Crippen LogP contribution in [0.25, 0.3) is 11.3 Å². The van der Waals surface area contributed by atoms with E-state index in [1.165, 1.54) is 18.2 Å². The van der Waals surface area contributed by atoms with Gasteiger partial charge >= 0.3 is 6.18 Å². The standard InChI is InChI=1S/C13H5ClF4N2/c14-12-9(6-19)10(13(16,17)18)5-11(20-12)7-1-3-8(15)4-2-7/h1-5H. The lowest BCUT2D eigenvalue weighted by atomic mass is 10.1. The maximum Gasteiger partial charge on any atom is 0.417 e. The van der Waals surface area contributed by atoms with Crippen molar-refractivity contribution in [1.29, 1.82) is 5.26 Å². The molecule has 1 heterocycles. The van der Waals surface area contributed by atoms with E-state index < -0.39 is 28.3 Å². The maximum absolute atomic E-state index is 12.9. The van der Waals surface area contributed by atoms with Crippen LogP contribution >= 0.6 is 11.6 Å². The highest BCUT2D eigenvalue weighted by Crippen LogP contribution is 2.36. The first-order chi connectivity index (χ1) is 9.32. The summed E-state index contributed by atoms with van der Waals surface area (Å²) in [5.41, 5.74) is -1.71. The Bertz CT molecular complexity index is 687. The van der Waals surface area contributed by atoms with Gasteiger partial charge in [0.1, 0.15) is 22.6 Å². The number of aromatic nitrogens is 1. The third-order valence-electron chi connectivity index (χ3n) is 2.53. The van der Waals surface area contributed by atoms with Crippen LogP contribution < -0.4 is 0 Å². The average molecular weight is 301 g/mol. The van der Waals surface area contributed by atoms with Gasteiger partial charge in [0.25, 0.3) is 0 Å². The molecule has 0 amide bonds. The van der Waals surface area contributed by atoms with Gasteiger partial charge in [0.15, 0.2) is 0 Å². The number of alkyl halides is 3. The SMILES string of the molecule is N#Cc1c(C(F)(F)F)cc(-c2ccc(F)cc2)nc1Cl. The molecular weight excluding hydrogens is 296 g/mol. The minimum absolute atomic E-state index is 0.0821. The van der Waals surface area contributed by atoms with Gasteiger partial charge in [0, 0.05) is 5.56 Å². The first kappa shape index (κ1) is 14.3. The number of nitrogens with zero attached hydrogens (tertiary/aromatic N) is 2. The van der Waals surface area contributed by atoms with Gasteiger partial charge in [0.2, 0.25) is 0 Å². The lowest BCUT2D eigenvalue weighted by molar-refractivity contribution is -0.137. The summed E-state index contributed by atoms with van der Waals surface area (Å²) in [5, 5.41) is 8.20. The number of nitriles is 1. The van der Waals surface area contributed by atoms with Crippen molar-refractivity contribution >= 4 is 11.6 Å². The fourth-order valence-corrected chi connectivity index (χ4v) is 1.85. The Morgan fingerprint density at radius 1 is 1.15 bits per heavy atom. The predicted octanol–water partition coefficient (Wildman–Crippen LogP) is 4.43. The van der Waals surface area contributed by atoms with Crippen molar-refractivity contribution in [3.8, 4) is 17.3 Å². The quantitative estimate of drug-likeness (QED) is 0.577. The molecule has 0 atom stereocenters. The Kier molecular flexibility index (Phi) is 3.64. The van der Waals surface area contributed by atoms with E-state index in [2.05, 4.69) is 4.98 Å². The number of pyridine rings is 1. The normalized spacial score (nSPS) is 11.2. The zero-order valence-corrected chi connectivity index (χ0v) is 10.4. The van der Waals surface area contributed by atoms with Crippen LogP contribution in [0.4, 0.5) is 17.6 Å². The van der Waals surface area contributed by atoms with Crippen LogP contribution in [0.1, 0.15) is 11.1 Å². The molecule has 0 radical (unpaired) electrons. The summed E-state index contributed by atoms with van der Waals surface area (Å²) in [6, 6.07) is 6.85. The zero-order chi connectivity index (χ0) is 14.9.